The third-order valence-corrected chi connectivity index (χ3v) is 6.41. The van der Waals surface area contributed by atoms with Gasteiger partial charge in [0.15, 0.2) is 0 Å². The molecule has 9 heteroatoms. The normalized spacial score (nSPS) is 17.6. The molecule has 1 fully saturated rings. The number of hydrogen-bond donors (Lipinski definition) is 2. The van der Waals surface area contributed by atoms with Gasteiger partial charge in [-0.15, -0.1) is 0 Å². The Hall–Kier alpha value is -4.24. The van der Waals surface area contributed by atoms with Crippen LogP contribution in [0.15, 0.2) is 83.6 Å². The van der Waals surface area contributed by atoms with Crippen LogP contribution in [-0.2, 0) is 15.1 Å². The Morgan fingerprint density at radius 1 is 1.06 bits per heavy atom. The van der Waals surface area contributed by atoms with Crippen molar-refractivity contribution in [3.05, 3.63) is 89.1 Å². The summed E-state index contributed by atoms with van der Waals surface area (Å²) < 4.78 is 1.63. The summed E-state index contributed by atoms with van der Waals surface area (Å²) in [5, 5.41) is 13.8. The fourth-order valence-corrected chi connectivity index (χ4v) is 4.66. The monoisotopic (exact) mass is 471 g/mol. The van der Waals surface area contributed by atoms with Crippen molar-refractivity contribution in [3.63, 3.8) is 0 Å². The second-order valence-electron chi connectivity index (χ2n) is 8.03. The van der Waals surface area contributed by atoms with Gasteiger partial charge < -0.3 is 10.6 Å². The fraction of sp³-hybridized carbons (Fsp3) is 0.120. The zero-order valence-electron chi connectivity index (χ0n) is 18.3. The van der Waals surface area contributed by atoms with Crippen molar-refractivity contribution in [3.8, 4) is 16.9 Å². The van der Waals surface area contributed by atoms with Crippen LogP contribution in [0.4, 0.5) is 10.6 Å². The predicted octanol–water partition coefficient (Wildman–Crippen LogP) is 4.01. The van der Waals surface area contributed by atoms with Crippen molar-refractivity contribution in [1.29, 1.82) is 0 Å². The molecule has 5 rings (SSSR count). The van der Waals surface area contributed by atoms with Crippen LogP contribution in [0.25, 0.3) is 16.9 Å². The number of nitrogens with one attached hydrogen (secondary N) is 2. The molecule has 2 aromatic heterocycles. The standard InChI is InChI=1S/C25H21N5O3S/c1-25(18-12-13-34-16-18)23(32)29(24(33)27-25)15-22(31)26-21-14-20(17-8-4-2-5-9-17)28-30(21)19-10-6-3-7-11-19/h2-14,16H,15H2,1H3,(H,26,31)(H,27,33). The van der Waals surface area contributed by atoms with Crippen LogP contribution >= 0.6 is 11.3 Å². The van der Waals surface area contributed by atoms with Gasteiger partial charge in [-0.25, -0.2) is 9.48 Å². The molecule has 1 unspecified atom stereocenters. The number of amides is 4. The van der Waals surface area contributed by atoms with Crippen LogP contribution < -0.4 is 10.6 Å². The minimum atomic E-state index is -1.19. The topological polar surface area (TPSA) is 96.3 Å². The molecular formula is C25H21N5O3S. The van der Waals surface area contributed by atoms with Crippen molar-refractivity contribution in [2.24, 2.45) is 0 Å². The number of urea groups is 1. The van der Waals surface area contributed by atoms with Crippen LogP contribution in [-0.4, -0.2) is 39.1 Å². The minimum absolute atomic E-state index is 0.412. The molecule has 4 aromatic rings. The summed E-state index contributed by atoms with van der Waals surface area (Å²) >= 11 is 1.43. The number of carbonyl (C=O) groups is 3. The zero-order chi connectivity index (χ0) is 23.7. The number of anilines is 1. The van der Waals surface area contributed by atoms with Gasteiger partial charge in [-0.2, -0.15) is 16.4 Å². The van der Waals surface area contributed by atoms with E-state index in [1.54, 1.807) is 23.7 Å². The van der Waals surface area contributed by atoms with E-state index in [0.29, 0.717) is 17.1 Å². The molecule has 8 nitrogen and oxygen atoms in total. The first kappa shape index (κ1) is 21.6. The van der Waals surface area contributed by atoms with Crippen LogP contribution in [0, 0.1) is 0 Å². The van der Waals surface area contributed by atoms with Crippen molar-refractivity contribution >= 4 is 35.0 Å². The molecule has 0 bridgehead atoms. The van der Waals surface area contributed by atoms with Gasteiger partial charge in [0, 0.05) is 11.6 Å². The number of imide groups is 1. The number of hydrogen-bond acceptors (Lipinski definition) is 5. The summed E-state index contributed by atoms with van der Waals surface area (Å²) in [6, 6.07) is 22.0. The highest BCUT2D eigenvalue weighted by atomic mass is 32.1. The van der Waals surface area contributed by atoms with Crippen molar-refractivity contribution in [2.45, 2.75) is 12.5 Å². The maximum Gasteiger partial charge on any atom is 0.325 e. The largest absolute Gasteiger partial charge is 0.325 e. The number of rotatable bonds is 6. The highest BCUT2D eigenvalue weighted by molar-refractivity contribution is 7.08. The van der Waals surface area contributed by atoms with E-state index < -0.39 is 29.9 Å². The minimum Gasteiger partial charge on any atom is -0.319 e. The number of thiophene rings is 1. The molecule has 0 radical (unpaired) electrons. The van der Waals surface area contributed by atoms with Crippen LogP contribution in [0.3, 0.4) is 0 Å². The van der Waals surface area contributed by atoms with Gasteiger partial charge in [0.2, 0.25) is 5.91 Å². The van der Waals surface area contributed by atoms with Crippen LogP contribution in [0.5, 0.6) is 0 Å². The van der Waals surface area contributed by atoms with E-state index in [1.165, 1.54) is 11.3 Å². The Balaban J connectivity index is 1.40. The number of benzene rings is 2. The van der Waals surface area contributed by atoms with E-state index in [-0.39, 0.29) is 0 Å². The van der Waals surface area contributed by atoms with Crippen LogP contribution in [0.2, 0.25) is 0 Å². The zero-order valence-corrected chi connectivity index (χ0v) is 19.1. The van der Waals surface area contributed by atoms with Gasteiger partial charge in [0.25, 0.3) is 5.91 Å². The molecule has 1 atom stereocenters. The molecule has 0 spiro atoms. The molecule has 2 N–H and O–H groups in total. The van der Waals surface area contributed by atoms with Gasteiger partial charge in [0.05, 0.1) is 11.4 Å². The lowest BCUT2D eigenvalue weighted by atomic mass is 9.95. The molecule has 2 aromatic carbocycles. The van der Waals surface area contributed by atoms with Gasteiger partial charge >= 0.3 is 6.03 Å². The molecule has 170 valence electrons. The first-order valence-corrected chi connectivity index (χ1v) is 11.6. The van der Waals surface area contributed by atoms with Gasteiger partial charge in [-0.1, -0.05) is 48.5 Å². The second-order valence-corrected chi connectivity index (χ2v) is 8.81. The predicted molar refractivity (Wildman–Crippen MR) is 130 cm³/mol. The summed E-state index contributed by atoms with van der Waals surface area (Å²) in [7, 11) is 0. The Morgan fingerprint density at radius 2 is 1.76 bits per heavy atom. The Morgan fingerprint density at radius 3 is 2.44 bits per heavy atom. The maximum absolute atomic E-state index is 13.1. The molecule has 0 aliphatic carbocycles. The summed E-state index contributed by atoms with van der Waals surface area (Å²) in [5.74, 6) is -0.537. The van der Waals surface area contributed by atoms with Gasteiger partial charge in [-0.05, 0) is 41.4 Å². The molecular weight excluding hydrogens is 450 g/mol. The maximum atomic E-state index is 13.1. The SMILES string of the molecule is CC1(c2ccsc2)NC(=O)N(CC(=O)Nc2cc(-c3ccccc3)nn2-c2ccccc2)C1=O. The van der Waals surface area contributed by atoms with E-state index in [4.69, 9.17) is 0 Å². The Kier molecular flexibility index (Phi) is 5.46. The lowest BCUT2D eigenvalue weighted by molar-refractivity contribution is -0.133. The number of carbonyl (C=O) groups excluding carboxylic acids is 3. The first-order chi connectivity index (χ1) is 16.5. The summed E-state index contributed by atoms with van der Waals surface area (Å²) in [5.41, 5.74) is 1.84. The third kappa shape index (κ3) is 3.86. The van der Waals surface area contributed by atoms with E-state index in [1.807, 2.05) is 71.4 Å². The van der Waals surface area contributed by atoms with Crippen molar-refractivity contribution < 1.29 is 14.4 Å². The molecule has 0 saturated carbocycles. The summed E-state index contributed by atoms with van der Waals surface area (Å²) in [6.45, 7) is 1.23. The van der Waals surface area contributed by atoms with Crippen LogP contribution in [0.1, 0.15) is 12.5 Å². The highest BCUT2D eigenvalue weighted by Crippen LogP contribution is 2.30. The molecule has 3 heterocycles. The third-order valence-electron chi connectivity index (χ3n) is 5.72. The van der Waals surface area contributed by atoms with E-state index >= 15 is 0 Å². The average Bonchev–Trinajstić information content (AvgIpc) is 3.58. The second kappa shape index (κ2) is 8.60. The fourth-order valence-electron chi connectivity index (χ4n) is 3.90. The molecule has 1 aliphatic rings. The van der Waals surface area contributed by atoms with E-state index in [0.717, 1.165) is 16.2 Å². The first-order valence-electron chi connectivity index (χ1n) is 10.6. The summed E-state index contributed by atoms with van der Waals surface area (Å²) in [6.07, 6.45) is 0. The van der Waals surface area contributed by atoms with Crippen molar-refractivity contribution in [2.75, 3.05) is 11.9 Å². The Labute approximate surface area is 199 Å². The van der Waals surface area contributed by atoms with E-state index in [2.05, 4.69) is 15.7 Å². The van der Waals surface area contributed by atoms with Crippen molar-refractivity contribution in [1.82, 2.24) is 20.0 Å². The molecule has 1 aliphatic heterocycles. The lowest BCUT2D eigenvalue weighted by Gasteiger charge is -2.20. The lowest BCUT2D eigenvalue weighted by Crippen LogP contribution is -2.42. The highest BCUT2D eigenvalue weighted by Gasteiger charge is 2.49. The molecule has 4 amide bonds. The average molecular weight is 472 g/mol. The molecule has 1 saturated heterocycles. The quantitative estimate of drug-likeness (QED) is 0.416. The van der Waals surface area contributed by atoms with Gasteiger partial charge in [-0.3, -0.25) is 14.5 Å². The number of nitrogens with zero attached hydrogens (tertiary/aromatic N) is 3. The smallest absolute Gasteiger partial charge is 0.319 e. The number of aromatic nitrogens is 2. The number of para-hydroxylation sites is 1. The molecule has 34 heavy (non-hydrogen) atoms. The Bertz CT molecular complexity index is 1350. The summed E-state index contributed by atoms with van der Waals surface area (Å²) in [4.78, 5) is 39.5. The van der Waals surface area contributed by atoms with E-state index in [9.17, 15) is 14.4 Å². The van der Waals surface area contributed by atoms with Gasteiger partial charge in [0.1, 0.15) is 17.9 Å².